The summed E-state index contributed by atoms with van der Waals surface area (Å²) in [5.74, 6) is -0.509. The molecule has 3 rings (SSSR count). The van der Waals surface area contributed by atoms with Gasteiger partial charge in [0.05, 0.1) is 34.7 Å². The van der Waals surface area contributed by atoms with Gasteiger partial charge in [0, 0.05) is 16.3 Å². The predicted molar refractivity (Wildman–Crippen MR) is 109 cm³/mol. The summed E-state index contributed by atoms with van der Waals surface area (Å²) >= 11 is 2.75. The Labute approximate surface area is 168 Å². The number of nitro groups is 1. The molecule has 0 saturated carbocycles. The van der Waals surface area contributed by atoms with Gasteiger partial charge in [-0.3, -0.25) is 19.7 Å². The van der Waals surface area contributed by atoms with Crippen LogP contribution in [0.2, 0.25) is 0 Å². The average Bonchev–Trinajstić information content (AvgIpc) is 3.28. The second-order valence-corrected chi connectivity index (χ2v) is 7.77. The van der Waals surface area contributed by atoms with Crippen molar-refractivity contribution in [3.05, 3.63) is 67.3 Å². The summed E-state index contributed by atoms with van der Waals surface area (Å²) in [5, 5.41) is 20.4. The van der Waals surface area contributed by atoms with E-state index in [-0.39, 0.29) is 30.3 Å². The highest BCUT2D eigenvalue weighted by molar-refractivity contribution is 7.14. The van der Waals surface area contributed by atoms with Crippen LogP contribution in [0.4, 0.5) is 16.5 Å². The number of carbonyl (C=O) groups is 2. The Morgan fingerprint density at radius 1 is 1.11 bits per heavy atom. The fourth-order valence-electron chi connectivity index (χ4n) is 2.50. The van der Waals surface area contributed by atoms with Crippen molar-refractivity contribution in [1.29, 1.82) is 0 Å². The van der Waals surface area contributed by atoms with Gasteiger partial charge < -0.3 is 10.6 Å². The molecule has 144 valence electrons. The molecule has 28 heavy (non-hydrogen) atoms. The second kappa shape index (κ2) is 8.72. The lowest BCUT2D eigenvalue weighted by Crippen LogP contribution is -2.16. The van der Waals surface area contributed by atoms with Crippen molar-refractivity contribution in [2.75, 3.05) is 10.6 Å². The predicted octanol–water partition coefficient (Wildman–Crippen LogP) is 3.78. The van der Waals surface area contributed by atoms with Gasteiger partial charge in [-0.2, -0.15) is 0 Å². The van der Waals surface area contributed by atoms with Crippen molar-refractivity contribution >= 4 is 51.0 Å². The molecule has 0 aliphatic rings. The van der Waals surface area contributed by atoms with E-state index in [1.807, 2.05) is 17.5 Å². The summed E-state index contributed by atoms with van der Waals surface area (Å²) in [4.78, 5) is 40.0. The molecule has 0 bridgehead atoms. The molecule has 2 aromatic heterocycles. The van der Waals surface area contributed by atoms with E-state index in [2.05, 4.69) is 15.6 Å². The monoisotopic (exact) mass is 416 g/mol. The molecule has 0 atom stereocenters. The summed E-state index contributed by atoms with van der Waals surface area (Å²) < 4.78 is 0. The Bertz CT molecular complexity index is 1010. The van der Waals surface area contributed by atoms with Gasteiger partial charge in [-0.25, -0.2) is 4.98 Å². The van der Waals surface area contributed by atoms with E-state index in [1.165, 1.54) is 34.8 Å². The van der Waals surface area contributed by atoms with E-state index < -0.39 is 4.92 Å². The Hall–Kier alpha value is -3.11. The van der Waals surface area contributed by atoms with Crippen LogP contribution in [0.5, 0.6) is 0 Å². The van der Waals surface area contributed by atoms with Crippen LogP contribution >= 0.6 is 22.7 Å². The third-order valence-corrected chi connectivity index (χ3v) is 5.51. The largest absolute Gasteiger partial charge is 0.325 e. The minimum absolute atomic E-state index is 0.000568. The highest BCUT2D eigenvalue weighted by Crippen LogP contribution is 2.25. The molecule has 10 heteroatoms. The fourth-order valence-corrected chi connectivity index (χ4v) is 3.93. The number of nitro benzene ring substituents is 1. The molecule has 0 aliphatic heterocycles. The van der Waals surface area contributed by atoms with Crippen molar-refractivity contribution in [3.63, 3.8) is 0 Å². The molecule has 0 aliphatic carbocycles. The van der Waals surface area contributed by atoms with Crippen LogP contribution in [-0.4, -0.2) is 21.7 Å². The minimum atomic E-state index is -0.490. The second-order valence-electron chi connectivity index (χ2n) is 5.88. The molecule has 0 spiro atoms. The van der Waals surface area contributed by atoms with E-state index >= 15 is 0 Å². The number of carbonyl (C=O) groups excluding carboxylic acids is 2. The number of hydrogen-bond donors (Lipinski definition) is 2. The quantitative estimate of drug-likeness (QED) is 0.449. The topological polar surface area (TPSA) is 114 Å². The molecule has 2 N–H and O–H groups in total. The maximum Gasteiger partial charge on any atom is 0.274 e. The van der Waals surface area contributed by atoms with Crippen LogP contribution < -0.4 is 10.6 Å². The lowest BCUT2D eigenvalue weighted by atomic mass is 10.1. The van der Waals surface area contributed by atoms with Gasteiger partial charge in [0.2, 0.25) is 11.8 Å². The van der Waals surface area contributed by atoms with Crippen LogP contribution in [0.25, 0.3) is 0 Å². The Balaban J connectivity index is 1.57. The lowest BCUT2D eigenvalue weighted by molar-refractivity contribution is -0.385. The number of nitrogens with one attached hydrogen (secondary N) is 2. The average molecular weight is 416 g/mol. The van der Waals surface area contributed by atoms with Crippen LogP contribution in [0.1, 0.15) is 16.1 Å². The zero-order valence-corrected chi connectivity index (χ0v) is 16.4. The summed E-state index contributed by atoms with van der Waals surface area (Å²) in [6.45, 7) is 1.58. The van der Waals surface area contributed by atoms with Crippen LogP contribution in [0, 0.1) is 17.0 Å². The van der Waals surface area contributed by atoms with Crippen LogP contribution in [0.3, 0.4) is 0 Å². The van der Waals surface area contributed by atoms with Crippen molar-refractivity contribution in [1.82, 2.24) is 4.98 Å². The standard InChI is InChI=1S/C18H16N4O4S2/c1-11-14(5-2-6-15(11)22(25)26)20-16(23)8-12-10-28-18(19-12)21-17(24)9-13-4-3-7-27-13/h2-7,10H,8-9H2,1H3,(H,20,23)(H,19,21,24). The van der Waals surface area contributed by atoms with E-state index in [4.69, 9.17) is 0 Å². The van der Waals surface area contributed by atoms with E-state index in [9.17, 15) is 19.7 Å². The van der Waals surface area contributed by atoms with Gasteiger partial charge in [-0.05, 0) is 24.4 Å². The van der Waals surface area contributed by atoms with Gasteiger partial charge in [0.25, 0.3) is 5.69 Å². The number of thiophene rings is 1. The number of rotatable bonds is 7. The molecule has 2 amide bonds. The number of anilines is 2. The normalized spacial score (nSPS) is 10.5. The van der Waals surface area contributed by atoms with E-state index in [0.29, 0.717) is 22.1 Å². The van der Waals surface area contributed by atoms with Crippen LogP contribution in [0.15, 0.2) is 41.1 Å². The van der Waals surface area contributed by atoms with E-state index in [0.717, 1.165) is 4.88 Å². The Morgan fingerprint density at radius 2 is 1.89 bits per heavy atom. The summed E-state index contributed by atoms with van der Waals surface area (Å²) in [7, 11) is 0. The Morgan fingerprint density at radius 3 is 2.61 bits per heavy atom. The maximum atomic E-state index is 12.3. The van der Waals surface area contributed by atoms with Gasteiger partial charge in [0.1, 0.15) is 0 Å². The maximum absolute atomic E-state index is 12.3. The summed E-state index contributed by atoms with van der Waals surface area (Å²) in [5.41, 5.74) is 1.23. The highest BCUT2D eigenvalue weighted by Gasteiger charge is 2.16. The van der Waals surface area contributed by atoms with Crippen LogP contribution in [-0.2, 0) is 22.4 Å². The molecule has 0 unspecified atom stereocenters. The molecule has 0 fully saturated rings. The van der Waals surface area contributed by atoms with E-state index in [1.54, 1.807) is 18.4 Å². The molecular formula is C18H16N4O4S2. The number of amides is 2. The summed E-state index contributed by atoms with van der Waals surface area (Å²) in [6.07, 6.45) is 0.276. The number of benzene rings is 1. The number of aromatic nitrogens is 1. The molecule has 8 nitrogen and oxygen atoms in total. The van der Waals surface area contributed by atoms with Crippen molar-refractivity contribution in [2.45, 2.75) is 19.8 Å². The zero-order valence-electron chi connectivity index (χ0n) is 14.8. The molecule has 0 radical (unpaired) electrons. The molecular weight excluding hydrogens is 400 g/mol. The minimum Gasteiger partial charge on any atom is -0.325 e. The Kier molecular flexibility index (Phi) is 6.12. The zero-order chi connectivity index (χ0) is 20.1. The molecule has 0 saturated heterocycles. The van der Waals surface area contributed by atoms with Crippen molar-refractivity contribution in [3.8, 4) is 0 Å². The summed E-state index contributed by atoms with van der Waals surface area (Å²) in [6, 6.07) is 8.28. The van der Waals surface area contributed by atoms with Gasteiger partial charge >= 0.3 is 0 Å². The van der Waals surface area contributed by atoms with Gasteiger partial charge in [0.15, 0.2) is 5.13 Å². The first-order chi connectivity index (χ1) is 13.4. The van der Waals surface area contributed by atoms with Crippen molar-refractivity contribution < 1.29 is 14.5 Å². The SMILES string of the molecule is Cc1c(NC(=O)Cc2csc(NC(=O)Cc3cccs3)n2)cccc1[N+](=O)[O-]. The van der Waals surface area contributed by atoms with Gasteiger partial charge in [-0.1, -0.05) is 12.1 Å². The third kappa shape index (κ3) is 4.99. The first kappa shape index (κ1) is 19.6. The smallest absolute Gasteiger partial charge is 0.274 e. The molecule has 2 heterocycles. The van der Waals surface area contributed by atoms with Crippen molar-refractivity contribution in [2.24, 2.45) is 0 Å². The lowest BCUT2D eigenvalue weighted by Gasteiger charge is -2.07. The first-order valence-electron chi connectivity index (χ1n) is 8.23. The molecule has 1 aromatic carbocycles. The number of thiazole rings is 1. The fraction of sp³-hybridized carbons (Fsp3) is 0.167. The first-order valence-corrected chi connectivity index (χ1v) is 9.99. The molecule has 3 aromatic rings. The van der Waals surface area contributed by atoms with Gasteiger partial charge in [-0.15, -0.1) is 22.7 Å². The third-order valence-electron chi connectivity index (χ3n) is 3.83. The highest BCUT2D eigenvalue weighted by atomic mass is 32.1. The number of hydrogen-bond acceptors (Lipinski definition) is 7. The number of nitrogens with zero attached hydrogens (tertiary/aromatic N) is 2.